The van der Waals surface area contributed by atoms with Crippen LogP contribution in [0.4, 0.5) is 0 Å². The van der Waals surface area contributed by atoms with E-state index in [2.05, 4.69) is 101 Å². The van der Waals surface area contributed by atoms with E-state index in [4.69, 9.17) is 0 Å². The van der Waals surface area contributed by atoms with Gasteiger partial charge in [-0.05, 0) is 0 Å². The predicted octanol–water partition coefficient (Wildman–Crippen LogP) is 6.05. The summed E-state index contributed by atoms with van der Waals surface area (Å²) in [5.41, 5.74) is 1.95. The van der Waals surface area contributed by atoms with Gasteiger partial charge in [-0.3, -0.25) is 0 Å². The minimum atomic E-state index is 0.210. The minimum Gasteiger partial charge on any atom is -0.168 e. The number of benzene rings is 1. The molecule has 0 fully saturated rings. The maximum absolute atomic E-state index is 2.31. The van der Waals surface area contributed by atoms with Crippen LogP contribution in [0.2, 0.25) is 13.1 Å². The fourth-order valence-electron chi connectivity index (χ4n) is 1.94. The molecule has 0 saturated heterocycles. The van der Waals surface area contributed by atoms with Crippen LogP contribution in [-0.2, 0) is 28.8 Å². The van der Waals surface area contributed by atoms with Crippen molar-refractivity contribution in [1.29, 1.82) is 0 Å². The van der Waals surface area contributed by atoms with E-state index in [-0.39, 0.29) is 5.43 Å². The van der Waals surface area contributed by atoms with E-state index in [1.807, 2.05) is 0 Å². The monoisotopic (exact) mass is 384 g/mol. The Morgan fingerprint density at radius 2 is 1.59 bits per heavy atom. The maximum atomic E-state index is 2.31. The molecule has 0 nitrogen and oxygen atoms in total. The Balaban J connectivity index is 0.000000179. The molecular formula is C20H26SiZr. The van der Waals surface area contributed by atoms with E-state index in [0.29, 0.717) is 5.41 Å². The molecule has 114 valence electrons. The molecule has 0 bridgehead atoms. The van der Waals surface area contributed by atoms with Gasteiger partial charge < -0.3 is 0 Å². The summed E-state index contributed by atoms with van der Waals surface area (Å²) in [4.78, 5) is 0. The zero-order chi connectivity index (χ0) is 16.6. The van der Waals surface area contributed by atoms with Crippen LogP contribution in [0.25, 0.3) is 10.8 Å². The Bertz CT molecular complexity index is 635. The molecule has 0 N–H and O–H groups in total. The summed E-state index contributed by atoms with van der Waals surface area (Å²) in [7, 11) is 0. The van der Waals surface area contributed by atoms with Crippen molar-refractivity contribution in [3.63, 3.8) is 0 Å². The summed E-state index contributed by atoms with van der Waals surface area (Å²) in [5.74, 6) is 0. The van der Waals surface area contributed by atoms with Crippen LogP contribution >= 0.6 is 0 Å². The van der Waals surface area contributed by atoms with Gasteiger partial charge in [-0.1, -0.05) is 32.3 Å². The van der Waals surface area contributed by atoms with Crippen LogP contribution in [0.15, 0.2) is 66.7 Å². The van der Waals surface area contributed by atoms with E-state index >= 15 is 0 Å². The molecular weight excluding hydrogens is 360 g/mol. The second kappa shape index (κ2) is 9.43. The summed E-state index contributed by atoms with van der Waals surface area (Å²) in [6.45, 7) is 11.3. The molecule has 3 aromatic rings. The van der Waals surface area contributed by atoms with E-state index in [1.54, 1.807) is 23.3 Å². The molecule has 0 heterocycles. The fraction of sp³-hybridized carbons (Fsp3) is 0.300. The molecule has 0 aromatic heterocycles. The van der Waals surface area contributed by atoms with Crippen LogP contribution in [0.3, 0.4) is 0 Å². The number of fused-ring (bicyclic) bond motifs is 1. The minimum absolute atomic E-state index is 0.210. The van der Waals surface area contributed by atoms with Crippen molar-refractivity contribution in [3.8, 4) is 0 Å². The summed E-state index contributed by atoms with van der Waals surface area (Å²) in [6, 6.07) is 23.2. The smallest absolute Gasteiger partial charge is 0.0809 e. The second-order valence-corrected chi connectivity index (χ2v) is 16.0. The molecule has 0 atom stereocenters. The normalized spacial score (nSPS) is 10.3. The van der Waals surface area contributed by atoms with Crippen LogP contribution in [0.5, 0.6) is 0 Å². The largest absolute Gasteiger partial charge is 0.168 e. The molecule has 0 saturated carbocycles. The Labute approximate surface area is 150 Å². The van der Waals surface area contributed by atoms with Gasteiger partial charge in [-0.2, -0.15) is 41.3 Å². The average Bonchev–Trinajstić information content (AvgIpc) is 3.10. The molecule has 0 spiro atoms. The number of hydrogen-bond donors (Lipinski definition) is 0. The van der Waals surface area contributed by atoms with Crippen molar-refractivity contribution in [1.82, 2.24) is 0 Å². The Kier molecular flexibility index (Phi) is 8.28. The average molecular weight is 386 g/mol. The maximum Gasteiger partial charge on any atom is -0.0809 e. The molecule has 2 heteroatoms. The third-order valence-corrected chi connectivity index (χ3v) is 3.08. The number of hydrogen-bond acceptors (Lipinski definition) is 0. The fourth-order valence-corrected chi connectivity index (χ4v) is 1.94. The first-order valence-corrected chi connectivity index (χ1v) is 13.8. The van der Waals surface area contributed by atoms with Gasteiger partial charge >= 0.3 is 41.9 Å². The van der Waals surface area contributed by atoms with Gasteiger partial charge in [0, 0.05) is 0 Å². The van der Waals surface area contributed by atoms with Gasteiger partial charge in [0.15, 0.2) is 0 Å². The Hall–Kier alpha value is -0.720. The Morgan fingerprint density at radius 1 is 0.955 bits per heavy atom. The standard InChI is InChI=1S/C9H7.C9H13.C2H6Si.Zr/c1-2-5-9-7-3-6-8(9)4-1;1-9(2,3)8-6-4-5-7-8;1-3-2;/h1-7H;4-7H,1-3H3;1-2H3;/q2*-1;;+2. The van der Waals surface area contributed by atoms with Crippen molar-refractivity contribution in [3.05, 3.63) is 72.3 Å². The summed E-state index contributed by atoms with van der Waals surface area (Å²) in [5, 5.41) is 2.66. The van der Waals surface area contributed by atoms with Crippen molar-refractivity contribution in [2.24, 2.45) is 0 Å². The van der Waals surface area contributed by atoms with Crippen LogP contribution in [0, 0.1) is 0 Å². The predicted molar refractivity (Wildman–Crippen MR) is 97.8 cm³/mol. The second-order valence-electron chi connectivity index (χ2n) is 6.58. The SMILES string of the molecule is CC(C)(C)c1cc[cH-]c1.C[Si](C)=[Zr+2].c1ccc2[cH-]ccc2c1. The van der Waals surface area contributed by atoms with Crippen molar-refractivity contribution in [2.75, 3.05) is 0 Å². The van der Waals surface area contributed by atoms with Crippen LogP contribution in [-0.4, -0.2) is 5.43 Å². The first-order valence-electron chi connectivity index (χ1n) is 7.65. The van der Waals surface area contributed by atoms with E-state index < -0.39 is 0 Å². The molecule has 0 aliphatic heterocycles. The number of rotatable bonds is 0. The van der Waals surface area contributed by atoms with Crippen molar-refractivity contribution < 1.29 is 23.3 Å². The van der Waals surface area contributed by atoms with Gasteiger partial charge in [0.2, 0.25) is 0 Å². The van der Waals surface area contributed by atoms with E-state index in [9.17, 15) is 0 Å². The van der Waals surface area contributed by atoms with Crippen LogP contribution < -0.4 is 0 Å². The zero-order valence-corrected chi connectivity index (χ0v) is 17.8. The van der Waals surface area contributed by atoms with Crippen molar-refractivity contribution >= 4 is 16.2 Å². The molecule has 3 aromatic carbocycles. The van der Waals surface area contributed by atoms with Crippen LogP contribution in [0.1, 0.15) is 26.3 Å². The third kappa shape index (κ3) is 7.51. The molecule has 0 unspecified atom stereocenters. The van der Waals surface area contributed by atoms with Gasteiger partial charge in [0.05, 0.1) is 0 Å². The van der Waals surface area contributed by atoms with Gasteiger partial charge in [0.1, 0.15) is 0 Å². The van der Waals surface area contributed by atoms with Gasteiger partial charge in [-0.15, -0.1) is 29.7 Å². The van der Waals surface area contributed by atoms with Crippen molar-refractivity contribution in [2.45, 2.75) is 39.3 Å². The van der Waals surface area contributed by atoms with E-state index in [0.717, 1.165) is 0 Å². The molecule has 0 aliphatic rings. The molecule has 0 aliphatic carbocycles. The topological polar surface area (TPSA) is 0 Å². The van der Waals surface area contributed by atoms with Gasteiger partial charge in [-0.25, -0.2) is 6.07 Å². The summed E-state index contributed by atoms with van der Waals surface area (Å²) < 4.78 is 0. The van der Waals surface area contributed by atoms with Gasteiger partial charge in [0.25, 0.3) is 0 Å². The third-order valence-electron chi connectivity index (χ3n) is 3.08. The van der Waals surface area contributed by atoms with E-state index in [1.165, 1.54) is 16.3 Å². The first kappa shape index (κ1) is 19.3. The molecule has 3 rings (SSSR count). The molecule has 0 radical (unpaired) electrons. The first-order chi connectivity index (χ1) is 10.3. The quantitative estimate of drug-likeness (QED) is 0.326. The summed E-state index contributed by atoms with van der Waals surface area (Å²) in [6.07, 6.45) is 0. The summed E-state index contributed by atoms with van der Waals surface area (Å²) >= 11 is 1.74. The zero-order valence-electron chi connectivity index (χ0n) is 14.4. The Morgan fingerprint density at radius 3 is 2.05 bits per heavy atom. The molecule has 22 heavy (non-hydrogen) atoms. The molecule has 0 amide bonds.